The number of hydrogen-bond donors (Lipinski definition) is 2. The van der Waals surface area contributed by atoms with Gasteiger partial charge >= 0.3 is 0 Å². The summed E-state index contributed by atoms with van der Waals surface area (Å²) >= 11 is 0. The van der Waals surface area contributed by atoms with Crippen molar-refractivity contribution in [2.24, 2.45) is 5.92 Å². The van der Waals surface area contributed by atoms with Crippen LogP contribution in [0.2, 0.25) is 0 Å². The Morgan fingerprint density at radius 2 is 2.35 bits per heavy atom. The summed E-state index contributed by atoms with van der Waals surface area (Å²) in [7, 11) is -3.31. The van der Waals surface area contributed by atoms with Crippen molar-refractivity contribution in [2.45, 2.75) is 39.5 Å². The van der Waals surface area contributed by atoms with Crippen LogP contribution in [0.3, 0.4) is 0 Å². The van der Waals surface area contributed by atoms with E-state index in [-0.39, 0.29) is 0 Å². The second-order valence-corrected chi connectivity index (χ2v) is 7.38. The van der Waals surface area contributed by atoms with Crippen LogP contribution in [-0.2, 0) is 16.6 Å². The summed E-state index contributed by atoms with van der Waals surface area (Å²) in [5, 5.41) is 6.84. The van der Waals surface area contributed by atoms with Crippen LogP contribution in [0.25, 0.3) is 0 Å². The standard InChI is InChI=1S/C13H24N4O2S/c1-11-5-4-8-17(10-11)20(18,19)15-7-3-6-13-9-14-16-12(13)2/h9,11,15H,3-8,10H2,1-2H3,(H,14,16). The molecule has 0 aliphatic carbocycles. The van der Waals surface area contributed by atoms with Crippen LogP contribution in [0, 0.1) is 12.8 Å². The molecule has 1 aromatic rings. The zero-order valence-corrected chi connectivity index (χ0v) is 13.0. The van der Waals surface area contributed by atoms with Crippen LogP contribution in [-0.4, -0.2) is 42.6 Å². The van der Waals surface area contributed by atoms with E-state index in [1.54, 1.807) is 10.5 Å². The lowest BCUT2D eigenvalue weighted by atomic mass is 10.0. The highest BCUT2D eigenvalue weighted by atomic mass is 32.2. The molecule has 0 bridgehead atoms. The molecule has 0 saturated carbocycles. The number of nitrogens with one attached hydrogen (secondary N) is 2. The van der Waals surface area contributed by atoms with Gasteiger partial charge in [-0.2, -0.15) is 17.8 Å². The molecule has 1 aliphatic heterocycles. The zero-order chi connectivity index (χ0) is 14.6. The number of aromatic nitrogens is 2. The Bertz CT molecular complexity index is 526. The second-order valence-electron chi connectivity index (χ2n) is 5.63. The third kappa shape index (κ3) is 4.04. The Balaban J connectivity index is 1.76. The second kappa shape index (κ2) is 6.69. The molecule has 114 valence electrons. The van der Waals surface area contributed by atoms with Gasteiger partial charge in [-0.15, -0.1) is 0 Å². The summed E-state index contributed by atoms with van der Waals surface area (Å²) in [6, 6.07) is 0. The minimum Gasteiger partial charge on any atom is -0.283 e. The summed E-state index contributed by atoms with van der Waals surface area (Å²) in [6.45, 7) is 5.82. The van der Waals surface area contributed by atoms with Crippen molar-refractivity contribution in [3.8, 4) is 0 Å². The molecule has 1 unspecified atom stereocenters. The third-order valence-electron chi connectivity index (χ3n) is 3.80. The van der Waals surface area contributed by atoms with Crippen LogP contribution in [0.1, 0.15) is 37.4 Å². The van der Waals surface area contributed by atoms with Crippen molar-refractivity contribution in [1.29, 1.82) is 0 Å². The Morgan fingerprint density at radius 1 is 1.55 bits per heavy atom. The van der Waals surface area contributed by atoms with Gasteiger partial charge in [-0.25, -0.2) is 4.72 Å². The summed E-state index contributed by atoms with van der Waals surface area (Å²) < 4.78 is 28.6. The quantitative estimate of drug-likeness (QED) is 0.775. The zero-order valence-electron chi connectivity index (χ0n) is 12.2. The first-order valence-electron chi connectivity index (χ1n) is 7.22. The van der Waals surface area contributed by atoms with Gasteiger partial charge in [0.15, 0.2) is 0 Å². The summed E-state index contributed by atoms with van der Waals surface area (Å²) in [5.41, 5.74) is 2.20. The van der Waals surface area contributed by atoms with Crippen LogP contribution in [0.4, 0.5) is 0 Å². The lowest BCUT2D eigenvalue weighted by molar-refractivity contribution is 0.278. The fourth-order valence-electron chi connectivity index (χ4n) is 2.56. The number of piperidine rings is 1. The molecular formula is C13H24N4O2S. The van der Waals surface area contributed by atoms with Crippen LogP contribution >= 0.6 is 0 Å². The van der Waals surface area contributed by atoms with Gasteiger partial charge in [0, 0.05) is 25.3 Å². The Labute approximate surface area is 121 Å². The van der Waals surface area contributed by atoms with E-state index in [1.165, 1.54) is 0 Å². The number of aromatic amines is 1. The fraction of sp³-hybridized carbons (Fsp3) is 0.769. The average molecular weight is 300 g/mol. The van der Waals surface area contributed by atoms with E-state index in [2.05, 4.69) is 21.8 Å². The topological polar surface area (TPSA) is 78.1 Å². The number of aryl methyl sites for hydroxylation is 2. The van der Waals surface area contributed by atoms with Crippen molar-refractivity contribution in [3.05, 3.63) is 17.5 Å². The van der Waals surface area contributed by atoms with Crippen molar-refractivity contribution < 1.29 is 8.42 Å². The van der Waals surface area contributed by atoms with E-state index in [0.29, 0.717) is 25.6 Å². The van der Waals surface area contributed by atoms with E-state index in [0.717, 1.165) is 36.9 Å². The van der Waals surface area contributed by atoms with E-state index in [9.17, 15) is 8.42 Å². The first kappa shape index (κ1) is 15.5. The molecule has 2 heterocycles. The molecule has 0 spiro atoms. The molecule has 2 N–H and O–H groups in total. The number of hydrogen-bond acceptors (Lipinski definition) is 3. The maximum absolute atomic E-state index is 12.2. The molecule has 1 aliphatic rings. The van der Waals surface area contributed by atoms with Gasteiger partial charge in [0.1, 0.15) is 0 Å². The molecule has 0 amide bonds. The van der Waals surface area contributed by atoms with E-state index in [1.807, 2.05) is 6.92 Å². The molecule has 1 atom stereocenters. The Kier molecular flexibility index (Phi) is 5.17. The highest BCUT2D eigenvalue weighted by Crippen LogP contribution is 2.17. The van der Waals surface area contributed by atoms with Crippen LogP contribution in [0.5, 0.6) is 0 Å². The summed E-state index contributed by atoms with van der Waals surface area (Å²) in [6.07, 6.45) is 5.49. The van der Waals surface area contributed by atoms with Gasteiger partial charge in [-0.05, 0) is 44.1 Å². The summed E-state index contributed by atoms with van der Waals surface area (Å²) in [4.78, 5) is 0. The predicted octanol–water partition coefficient (Wildman–Crippen LogP) is 1.22. The molecule has 7 heteroatoms. The van der Waals surface area contributed by atoms with E-state index >= 15 is 0 Å². The van der Waals surface area contributed by atoms with Gasteiger partial charge in [0.05, 0.1) is 6.20 Å². The van der Waals surface area contributed by atoms with Crippen molar-refractivity contribution in [2.75, 3.05) is 19.6 Å². The molecule has 0 aromatic carbocycles. The van der Waals surface area contributed by atoms with Gasteiger partial charge in [0.25, 0.3) is 10.2 Å². The molecule has 2 rings (SSSR count). The van der Waals surface area contributed by atoms with Gasteiger partial charge < -0.3 is 0 Å². The van der Waals surface area contributed by atoms with Gasteiger partial charge in [-0.3, -0.25) is 5.10 Å². The number of nitrogens with zero attached hydrogens (tertiary/aromatic N) is 2. The number of H-pyrrole nitrogens is 1. The molecule has 20 heavy (non-hydrogen) atoms. The predicted molar refractivity (Wildman–Crippen MR) is 78.5 cm³/mol. The first-order chi connectivity index (χ1) is 9.49. The minimum atomic E-state index is -3.31. The Hall–Kier alpha value is -0.920. The molecular weight excluding hydrogens is 276 g/mol. The lowest BCUT2D eigenvalue weighted by Crippen LogP contribution is -2.45. The molecule has 0 radical (unpaired) electrons. The maximum atomic E-state index is 12.2. The van der Waals surface area contributed by atoms with Crippen molar-refractivity contribution in [1.82, 2.24) is 19.2 Å². The van der Waals surface area contributed by atoms with E-state index < -0.39 is 10.2 Å². The van der Waals surface area contributed by atoms with Crippen LogP contribution in [0.15, 0.2) is 6.20 Å². The monoisotopic (exact) mass is 300 g/mol. The van der Waals surface area contributed by atoms with E-state index in [4.69, 9.17) is 0 Å². The first-order valence-corrected chi connectivity index (χ1v) is 8.66. The van der Waals surface area contributed by atoms with Crippen molar-refractivity contribution in [3.63, 3.8) is 0 Å². The molecule has 1 fully saturated rings. The normalized spacial score (nSPS) is 21.2. The summed E-state index contributed by atoms with van der Waals surface area (Å²) in [5.74, 6) is 0.453. The van der Waals surface area contributed by atoms with Gasteiger partial charge in [-0.1, -0.05) is 6.92 Å². The van der Waals surface area contributed by atoms with Gasteiger partial charge in [0.2, 0.25) is 0 Å². The fourth-order valence-corrected chi connectivity index (χ4v) is 3.97. The Morgan fingerprint density at radius 3 is 3.00 bits per heavy atom. The largest absolute Gasteiger partial charge is 0.283 e. The molecule has 1 saturated heterocycles. The molecule has 1 aromatic heterocycles. The SMILES string of the molecule is Cc1[nH]ncc1CCCNS(=O)(=O)N1CCCC(C)C1. The maximum Gasteiger partial charge on any atom is 0.279 e. The lowest BCUT2D eigenvalue weighted by Gasteiger charge is -2.29. The molecule has 6 nitrogen and oxygen atoms in total. The third-order valence-corrected chi connectivity index (χ3v) is 5.38. The smallest absolute Gasteiger partial charge is 0.279 e. The minimum absolute atomic E-state index is 0.453. The highest BCUT2D eigenvalue weighted by Gasteiger charge is 2.26. The average Bonchev–Trinajstić information content (AvgIpc) is 2.80. The highest BCUT2D eigenvalue weighted by molar-refractivity contribution is 7.87. The van der Waals surface area contributed by atoms with Crippen LogP contribution < -0.4 is 4.72 Å². The van der Waals surface area contributed by atoms with Crippen molar-refractivity contribution >= 4 is 10.2 Å². The number of rotatable bonds is 6.